The Balaban J connectivity index is 1.43. The van der Waals surface area contributed by atoms with Gasteiger partial charge in [-0.1, -0.05) is 48.5 Å². The van der Waals surface area contributed by atoms with Gasteiger partial charge in [-0.15, -0.1) is 0 Å². The van der Waals surface area contributed by atoms with E-state index in [0.29, 0.717) is 36.4 Å². The number of benzene rings is 3. The second kappa shape index (κ2) is 13.2. The third-order valence-electron chi connectivity index (χ3n) is 6.61. The molecule has 0 bridgehead atoms. The van der Waals surface area contributed by atoms with E-state index in [-0.39, 0.29) is 24.8 Å². The van der Waals surface area contributed by atoms with E-state index in [0.717, 1.165) is 16.7 Å². The SMILES string of the molecule is CC(C)(C)OC(=O)NCc1ccc(NC(=O)c2ccc3c(c2)NC(CC(=O)O)C(=O)N(CCc2ccccc2)C3)cc1. The first-order chi connectivity index (χ1) is 20.0. The normalized spacial score (nSPS) is 14.7. The molecule has 10 nitrogen and oxygen atoms in total. The number of carboxylic acid groups (broad SMARTS) is 1. The summed E-state index contributed by atoms with van der Waals surface area (Å²) in [5, 5.41) is 18.1. The number of nitrogens with zero attached hydrogens (tertiary/aromatic N) is 1. The molecular weight excluding hydrogens is 536 g/mol. The van der Waals surface area contributed by atoms with Gasteiger partial charge in [0.2, 0.25) is 5.91 Å². The van der Waals surface area contributed by atoms with Crippen LogP contribution in [0.4, 0.5) is 16.2 Å². The predicted octanol–water partition coefficient (Wildman–Crippen LogP) is 4.80. The van der Waals surface area contributed by atoms with Gasteiger partial charge in [0.15, 0.2) is 0 Å². The van der Waals surface area contributed by atoms with Crippen LogP contribution >= 0.6 is 0 Å². The smallest absolute Gasteiger partial charge is 0.407 e. The molecule has 1 aliphatic heterocycles. The molecule has 0 saturated heterocycles. The van der Waals surface area contributed by atoms with Crippen LogP contribution in [0.2, 0.25) is 0 Å². The Kier molecular flexibility index (Phi) is 9.46. The van der Waals surface area contributed by atoms with Crippen molar-refractivity contribution >= 4 is 35.3 Å². The Hall–Kier alpha value is -4.86. The van der Waals surface area contributed by atoms with Gasteiger partial charge in [-0.25, -0.2) is 4.79 Å². The Bertz CT molecular complexity index is 1430. The summed E-state index contributed by atoms with van der Waals surface area (Å²) in [6.45, 7) is 6.38. The van der Waals surface area contributed by atoms with E-state index < -0.39 is 23.7 Å². The zero-order chi connectivity index (χ0) is 30.3. The number of rotatable bonds is 9. The monoisotopic (exact) mass is 572 g/mol. The van der Waals surface area contributed by atoms with E-state index in [1.807, 2.05) is 30.3 Å². The van der Waals surface area contributed by atoms with E-state index in [9.17, 15) is 24.3 Å². The van der Waals surface area contributed by atoms with Crippen LogP contribution in [0.1, 0.15) is 54.2 Å². The molecule has 0 saturated carbocycles. The second-order valence-electron chi connectivity index (χ2n) is 11.2. The minimum Gasteiger partial charge on any atom is -0.481 e. The van der Waals surface area contributed by atoms with Crippen molar-refractivity contribution in [2.75, 3.05) is 17.2 Å². The maximum atomic E-state index is 13.3. The number of ether oxygens (including phenoxy) is 1. The van der Waals surface area contributed by atoms with Crippen molar-refractivity contribution in [1.29, 1.82) is 0 Å². The average molecular weight is 573 g/mol. The molecule has 10 heteroatoms. The van der Waals surface area contributed by atoms with Gasteiger partial charge in [0, 0.05) is 36.6 Å². The first-order valence-electron chi connectivity index (χ1n) is 13.8. The first kappa shape index (κ1) is 30.1. The number of nitrogens with one attached hydrogen (secondary N) is 3. The van der Waals surface area contributed by atoms with Crippen LogP contribution in [0.5, 0.6) is 0 Å². The molecule has 1 heterocycles. The molecule has 1 atom stereocenters. The first-order valence-corrected chi connectivity index (χ1v) is 13.8. The summed E-state index contributed by atoms with van der Waals surface area (Å²) in [6, 6.07) is 21.0. The quantitative estimate of drug-likeness (QED) is 0.289. The molecule has 3 aromatic carbocycles. The topological polar surface area (TPSA) is 137 Å². The summed E-state index contributed by atoms with van der Waals surface area (Å²) in [5.41, 5.74) is 3.59. The maximum Gasteiger partial charge on any atom is 0.407 e. The molecule has 4 rings (SSSR count). The van der Waals surface area contributed by atoms with E-state index in [4.69, 9.17) is 4.74 Å². The van der Waals surface area contributed by atoms with Crippen molar-refractivity contribution in [2.24, 2.45) is 0 Å². The van der Waals surface area contributed by atoms with Crippen molar-refractivity contribution < 1.29 is 29.0 Å². The van der Waals surface area contributed by atoms with Crippen molar-refractivity contribution in [2.45, 2.75) is 58.3 Å². The highest BCUT2D eigenvalue weighted by Crippen LogP contribution is 2.26. The van der Waals surface area contributed by atoms with Gasteiger partial charge >= 0.3 is 12.1 Å². The average Bonchev–Trinajstić information content (AvgIpc) is 3.06. The van der Waals surface area contributed by atoms with E-state index in [1.54, 1.807) is 68.1 Å². The Morgan fingerprint density at radius 2 is 1.71 bits per heavy atom. The lowest BCUT2D eigenvalue weighted by molar-refractivity contribution is -0.141. The maximum absolute atomic E-state index is 13.3. The number of carbonyl (C=O) groups excluding carboxylic acids is 3. The molecule has 42 heavy (non-hydrogen) atoms. The van der Waals surface area contributed by atoms with Gasteiger partial charge in [0.05, 0.1) is 6.42 Å². The third kappa shape index (κ3) is 8.57. The summed E-state index contributed by atoms with van der Waals surface area (Å²) in [7, 11) is 0. The molecule has 0 spiro atoms. The van der Waals surface area contributed by atoms with Crippen LogP contribution in [0.15, 0.2) is 72.8 Å². The molecule has 0 radical (unpaired) electrons. The van der Waals surface area contributed by atoms with Gasteiger partial charge in [-0.05, 0) is 68.1 Å². The van der Waals surface area contributed by atoms with Gasteiger partial charge in [-0.3, -0.25) is 14.4 Å². The van der Waals surface area contributed by atoms with Gasteiger partial charge < -0.3 is 30.7 Å². The highest BCUT2D eigenvalue weighted by molar-refractivity contribution is 6.05. The molecule has 3 amide bonds. The fraction of sp³-hybridized carbons (Fsp3) is 0.312. The van der Waals surface area contributed by atoms with Crippen LogP contribution in [-0.4, -0.2) is 52.1 Å². The largest absolute Gasteiger partial charge is 0.481 e. The number of carbonyl (C=O) groups is 4. The predicted molar refractivity (Wildman–Crippen MR) is 159 cm³/mol. The highest BCUT2D eigenvalue weighted by Gasteiger charge is 2.31. The lowest BCUT2D eigenvalue weighted by Crippen LogP contribution is -2.42. The second-order valence-corrected chi connectivity index (χ2v) is 11.2. The molecule has 4 N–H and O–H groups in total. The van der Waals surface area contributed by atoms with Crippen LogP contribution in [-0.2, 0) is 33.8 Å². The van der Waals surface area contributed by atoms with Crippen LogP contribution in [0.3, 0.4) is 0 Å². The number of carboxylic acids is 1. The Morgan fingerprint density at radius 1 is 1.00 bits per heavy atom. The van der Waals surface area contributed by atoms with E-state index >= 15 is 0 Å². The standard InChI is InChI=1S/C32H36N4O6/c1-32(2,3)42-31(41)33-19-22-9-13-25(14-10-22)34-29(39)23-11-12-24-20-36(16-15-21-7-5-4-6-8-21)30(40)27(18-28(37)38)35-26(24)17-23/h4-14,17,27,35H,15-16,18-20H2,1-3H3,(H,33,41)(H,34,39)(H,37,38). The third-order valence-corrected chi connectivity index (χ3v) is 6.61. The zero-order valence-electron chi connectivity index (χ0n) is 24.0. The number of fused-ring (bicyclic) bond motifs is 1. The van der Waals surface area contributed by atoms with Crippen molar-refractivity contribution in [3.63, 3.8) is 0 Å². The molecule has 1 unspecified atom stereocenters. The summed E-state index contributed by atoms with van der Waals surface area (Å²) in [6.07, 6.45) is -0.257. The van der Waals surface area contributed by atoms with Crippen LogP contribution in [0.25, 0.3) is 0 Å². The van der Waals surface area contributed by atoms with Gasteiger partial charge in [0.25, 0.3) is 5.91 Å². The molecule has 0 fully saturated rings. The van der Waals surface area contributed by atoms with Gasteiger partial charge in [-0.2, -0.15) is 0 Å². The van der Waals surface area contributed by atoms with Crippen LogP contribution in [0, 0.1) is 0 Å². The molecule has 3 aromatic rings. The van der Waals surface area contributed by atoms with E-state index in [1.165, 1.54) is 0 Å². The summed E-state index contributed by atoms with van der Waals surface area (Å²) in [4.78, 5) is 51.5. The van der Waals surface area contributed by atoms with E-state index in [2.05, 4.69) is 16.0 Å². The lowest BCUT2D eigenvalue weighted by atomic mass is 10.1. The molecule has 0 aliphatic carbocycles. The van der Waals surface area contributed by atoms with Crippen molar-refractivity contribution in [3.05, 3.63) is 95.1 Å². The minimum absolute atomic E-state index is 0.276. The lowest BCUT2D eigenvalue weighted by Gasteiger charge is -2.24. The van der Waals surface area contributed by atoms with Crippen molar-refractivity contribution in [3.8, 4) is 0 Å². The number of aliphatic carboxylic acids is 1. The molecule has 220 valence electrons. The minimum atomic E-state index is -1.09. The zero-order valence-corrected chi connectivity index (χ0v) is 24.0. The number of hydrogen-bond acceptors (Lipinski definition) is 6. The fourth-order valence-corrected chi connectivity index (χ4v) is 4.55. The number of alkyl carbamates (subject to hydrolysis) is 1. The fourth-order valence-electron chi connectivity index (χ4n) is 4.55. The van der Waals surface area contributed by atoms with Gasteiger partial charge in [0.1, 0.15) is 11.6 Å². The highest BCUT2D eigenvalue weighted by atomic mass is 16.6. The Morgan fingerprint density at radius 3 is 2.38 bits per heavy atom. The summed E-state index contributed by atoms with van der Waals surface area (Å²) >= 11 is 0. The van der Waals surface area contributed by atoms with Crippen molar-refractivity contribution in [1.82, 2.24) is 10.2 Å². The molecular formula is C32H36N4O6. The summed E-state index contributed by atoms with van der Waals surface area (Å²) < 4.78 is 5.24. The Labute approximate surface area is 245 Å². The van der Waals surface area contributed by atoms with Crippen LogP contribution < -0.4 is 16.0 Å². The molecule has 1 aliphatic rings. The molecule has 0 aromatic heterocycles. The number of amides is 3. The number of hydrogen-bond donors (Lipinski definition) is 4. The number of anilines is 2. The summed E-state index contributed by atoms with van der Waals surface area (Å²) in [5.74, 6) is -1.74.